The lowest BCUT2D eigenvalue weighted by molar-refractivity contribution is -0.121. The first-order valence-corrected chi connectivity index (χ1v) is 9.27. The molecule has 2 heterocycles. The van der Waals surface area contributed by atoms with Crippen LogP contribution in [0, 0.1) is 5.92 Å². The van der Waals surface area contributed by atoms with Gasteiger partial charge in [0.1, 0.15) is 0 Å². The van der Waals surface area contributed by atoms with Gasteiger partial charge < -0.3 is 15.0 Å². The Labute approximate surface area is 151 Å². The number of ether oxygens (including phenoxy) is 1. The van der Waals surface area contributed by atoms with Crippen molar-refractivity contribution in [3.8, 4) is 0 Å². The molecule has 1 aromatic heterocycles. The van der Waals surface area contributed by atoms with E-state index in [2.05, 4.69) is 5.32 Å². The largest absolute Gasteiger partial charge is 0.380 e. The van der Waals surface area contributed by atoms with Crippen molar-refractivity contribution < 1.29 is 14.3 Å². The first-order chi connectivity index (χ1) is 12.2. The Morgan fingerprint density at radius 1 is 1.32 bits per heavy atom. The zero-order chi connectivity index (χ0) is 17.6. The van der Waals surface area contributed by atoms with E-state index in [1.807, 2.05) is 41.8 Å². The van der Waals surface area contributed by atoms with Crippen LogP contribution in [0.2, 0.25) is 0 Å². The van der Waals surface area contributed by atoms with Crippen molar-refractivity contribution >= 4 is 28.8 Å². The molecule has 132 valence electrons. The van der Waals surface area contributed by atoms with Gasteiger partial charge in [0.05, 0.1) is 17.4 Å². The number of amides is 2. The van der Waals surface area contributed by atoms with Crippen LogP contribution in [-0.2, 0) is 16.1 Å². The van der Waals surface area contributed by atoms with Gasteiger partial charge in [-0.25, -0.2) is 0 Å². The van der Waals surface area contributed by atoms with Crippen LogP contribution in [0.15, 0.2) is 41.8 Å². The van der Waals surface area contributed by atoms with Gasteiger partial charge in [0.2, 0.25) is 5.91 Å². The fraction of sp³-hybridized carbons (Fsp3) is 0.368. The molecule has 1 unspecified atom stereocenters. The summed E-state index contributed by atoms with van der Waals surface area (Å²) in [6, 6.07) is 11.4. The lowest BCUT2D eigenvalue weighted by atomic mass is 9.96. The van der Waals surface area contributed by atoms with Gasteiger partial charge in [-0.05, 0) is 42.0 Å². The van der Waals surface area contributed by atoms with Crippen LogP contribution in [0.3, 0.4) is 0 Å². The van der Waals surface area contributed by atoms with Gasteiger partial charge in [-0.1, -0.05) is 18.2 Å². The van der Waals surface area contributed by atoms with E-state index in [9.17, 15) is 9.59 Å². The van der Waals surface area contributed by atoms with E-state index in [1.54, 1.807) is 12.0 Å². The molecule has 1 aliphatic rings. The number of carbonyl (C=O) groups is 2. The zero-order valence-electron chi connectivity index (χ0n) is 14.2. The van der Waals surface area contributed by atoms with Crippen molar-refractivity contribution in [2.75, 3.05) is 25.5 Å². The Kier molecular flexibility index (Phi) is 5.83. The minimum atomic E-state index is -0.177. The van der Waals surface area contributed by atoms with E-state index in [-0.39, 0.29) is 17.7 Å². The molecule has 1 N–H and O–H groups in total. The summed E-state index contributed by atoms with van der Waals surface area (Å²) in [5.74, 6) is -0.184. The normalized spacial score (nSPS) is 17.3. The number of thiophene rings is 1. The van der Waals surface area contributed by atoms with Crippen molar-refractivity contribution in [2.24, 2.45) is 5.92 Å². The summed E-state index contributed by atoms with van der Waals surface area (Å²) in [6.45, 7) is 1.69. The van der Waals surface area contributed by atoms with Crippen molar-refractivity contribution in [1.82, 2.24) is 4.90 Å². The summed E-state index contributed by atoms with van der Waals surface area (Å²) in [5.41, 5.74) is 1.78. The standard InChI is InChI=1S/C19H22N2O3S/c1-24-13-14-5-2-7-16(11-14)20-18(22)15-6-3-9-21(12-15)19(23)17-8-4-10-25-17/h2,4-5,7-8,10-11,15H,3,6,9,12-13H2,1H3,(H,20,22). The first-order valence-electron chi connectivity index (χ1n) is 8.39. The molecule has 0 spiro atoms. The highest BCUT2D eigenvalue weighted by molar-refractivity contribution is 7.12. The molecule has 1 aromatic carbocycles. The van der Waals surface area contributed by atoms with Crippen LogP contribution in [0.25, 0.3) is 0 Å². The number of likely N-dealkylation sites (tertiary alicyclic amines) is 1. The number of anilines is 1. The molecule has 2 aromatic rings. The molecule has 1 saturated heterocycles. The van der Waals surface area contributed by atoms with Gasteiger partial charge >= 0.3 is 0 Å². The Bertz CT molecular complexity index is 730. The molecule has 0 aliphatic carbocycles. The Morgan fingerprint density at radius 3 is 2.96 bits per heavy atom. The molecule has 5 nitrogen and oxygen atoms in total. The van der Waals surface area contributed by atoms with Gasteiger partial charge in [0.15, 0.2) is 0 Å². The highest BCUT2D eigenvalue weighted by atomic mass is 32.1. The molecule has 1 fully saturated rings. The molecule has 0 saturated carbocycles. The summed E-state index contributed by atoms with van der Waals surface area (Å²) in [5, 5.41) is 4.87. The first kappa shape index (κ1) is 17.6. The molecule has 1 aliphatic heterocycles. The van der Waals surface area contributed by atoms with Crippen LogP contribution in [0.1, 0.15) is 28.1 Å². The number of methoxy groups -OCH3 is 1. The molecule has 0 radical (unpaired) electrons. The molecular weight excluding hydrogens is 336 g/mol. The number of nitrogens with zero attached hydrogens (tertiary/aromatic N) is 1. The molecule has 3 rings (SSSR count). The Morgan fingerprint density at radius 2 is 2.20 bits per heavy atom. The SMILES string of the molecule is COCc1cccc(NC(=O)C2CCCN(C(=O)c3cccs3)C2)c1. The minimum Gasteiger partial charge on any atom is -0.380 e. The van der Waals surface area contributed by atoms with Crippen molar-refractivity contribution in [1.29, 1.82) is 0 Å². The highest BCUT2D eigenvalue weighted by Gasteiger charge is 2.29. The van der Waals surface area contributed by atoms with Crippen LogP contribution in [0.5, 0.6) is 0 Å². The van der Waals surface area contributed by atoms with E-state index >= 15 is 0 Å². The van der Waals surface area contributed by atoms with Gasteiger partial charge in [-0.3, -0.25) is 9.59 Å². The van der Waals surface area contributed by atoms with E-state index in [0.29, 0.717) is 19.7 Å². The molecule has 0 bridgehead atoms. The summed E-state index contributed by atoms with van der Waals surface area (Å²) < 4.78 is 5.12. The third-order valence-electron chi connectivity index (χ3n) is 4.32. The van der Waals surface area contributed by atoms with Crippen LogP contribution in [-0.4, -0.2) is 36.9 Å². The number of piperidine rings is 1. The number of rotatable bonds is 5. The zero-order valence-corrected chi connectivity index (χ0v) is 15.1. The maximum Gasteiger partial charge on any atom is 0.263 e. The average Bonchev–Trinajstić information content (AvgIpc) is 3.16. The van der Waals surface area contributed by atoms with Crippen LogP contribution >= 0.6 is 11.3 Å². The number of carbonyl (C=O) groups excluding carboxylic acids is 2. The quantitative estimate of drug-likeness (QED) is 0.891. The number of hydrogen-bond donors (Lipinski definition) is 1. The second-order valence-corrected chi connectivity index (χ2v) is 7.14. The van der Waals surface area contributed by atoms with Gasteiger partial charge in [0, 0.05) is 25.9 Å². The second-order valence-electron chi connectivity index (χ2n) is 6.19. The molecular formula is C19H22N2O3S. The maximum atomic E-state index is 12.6. The summed E-state index contributed by atoms with van der Waals surface area (Å²) >= 11 is 1.44. The molecule has 6 heteroatoms. The van der Waals surface area contributed by atoms with Gasteiger partial charge in [0.25, 0.3) is 5.91 Å². The molecule has 25 heavy (non-hydrogen) atoms. The van der Waals surface area contributed by atoms with Crippen LogP contribution in [0.4, 0.5) is 5.69 Å². The smallest absolute Gasteiger partial charge is 0.263 e. The Hall–Kier alpha value is -2.18. The van der Waals surface area contributed by atoms with Crippen LogP contribution < -0.4 is 5.32 Å². The Balaban J connectivity index is 1.62. The van der Waals surface area contributed by atoms with Crippen molar-refractivity contribution in [3.63, 3.8) is 0 Å². The molecule has 1 atom stereocenters. The fourth-order valence-corrected chi connectivity index (χ4v) is 3.77. The monoisotopic (exact) mass is 358 g/mol. The van der Waals surface area contributed by atoms with E-state index < -0.39 is 0 Å². The number of benzene rings is 1. The minimum absolute atomic E-state index is 0.0228. The van der Waals surface area contributed by atoms with E-state index in [1.165, 1.54) is 11.3 Å². The lowest BCUT2D eigenvalue weighted by Crippen LogP contribution is -2.43. The topological polar surface area (TPSA) is 58.6 Å². The van der Waals surface area contributed by atoms with E-state index in [0.717, 1.165) is 29.0 Å². The predicted molar refractivity (Wildman–Crippen MR) is 98.7 cm³/mol. The number of nitrogens with one attached hydrogen (secondary N) is 1. The third-order valence-corrected chi connectivity index (χ3v) is 5.17. The van der Waals surface area contributed by atoms with E-state index in [4.69, 9.17) is 4.74 Å². The second kappa shape index (κ2) is 8.27. The fourth-order valence-electron chi connectivity index (χ4n) is 3.08. The predicted octanol–water partition coefficient (Wildman–Crippen LogP) is 3.39. The van der Waals surface area contributed by atoms with Gasteiger partial charge in [-0.2, -0.15) is 0 Å². The summed E-state index contributed by atoms with van der Waals surface area (Å²) in [7, 11) is 1.65. The lowest BCUT2D eigenvalue weighted by Gasteiger charge is -2.31. The highest BCUT2D eigenvalue weighted by Crippen LogP contribution is 2.22. The van der Waals surface area contributed by atoms with Crippen molar-refractivity contribution in [2.45, 2.75) is 19.4 Å². The number of hydrogen-bond acceptors (Lipinski definition) is 4. The molecule has 2 amide bonds. The average molecular weight is 358 g/mol. The maximum absolute atomic E-state index is 12.6. The van der Waals surface area contributed by atoms with Gasteiger partial charge in [-0.15, -0.1) is 11.3 Å². The summed E-state index contributed by atoms with van der Waals surface area (Å²) in [6.07, 6.45) is 1.65. The van der Waals surface area contributed by atoms with Crippen molar-refractivity contribution in [3.05, 3.63) is 52.2 Å². The summed E-state index contributed by atoms with van der Waals surface area (Å²) in [4.78, 5) is 27.6. The third kappa shape index (κ3) is 4.46.